The lowest BCUT2D eigenvalue weighted by Gasteiger charge is -2.35. The molecule has 2 atom stereocenters. The van der Waals surface area contributed by atoms with Crippen molar-refractivity contribution in [2.75, 3.05) is 13.1 Å². The summed E-state index contributed by atoms with van der Waals surface area (Å²) in [6, 6.07) is 29.3. The Hall–Kier alpha value is -5.68. The van der Waals surface area contributed by atoms with E-state index in [2.05, 4.69) is 70.6 Å². The van der Waals surface area contributed by atoms with E-state index in [0.717, 1.165) is 64.1 Å². The summed E-state index contributed by atoms with van der Waals surface area (Å²) in [5, 5.41) is 12.6. The molecule has 0 saturated carbocycles. The minimum absolute atomic E-state index is 0.138. The second kappa shape index (κ2) is 13.0. The zero-order chi connectivity index (χ0) is 37.2. The van der Waals surface area contributed by atoms with Crippen LogP contribution in [-0.2, 0) is 16.7 Å². The molecule has 7 aromatic rings. The molecule has 2 fully saturated rings. The molecule has 2 saturated heterocycles. The van der Waals surface area contributed by atoms with E-state index < -0.39 is 17.2 Å². The first-order valence-corrected chi connectivity index (χ1v) is 19.4. The number of carboxylic acid groups (broad SMARTS) is 1. The van der Waals surface area contributed by atoms with Gasteiger partial charge >= 0.3 is 12.2 Å². The maximum Gasteiger partial charge on any atom is 0.410 e. The SMILES string of the molecule is CC(C)(C)OC(=O)N1CCC[C@H]1c1nc2ccc(-c3ccc4c(c3)sc3cc(-c5cnc([C@@]6(Cc7ccccc7)CCCN6C(=O)O)[nH]5)ccc34)cc2[nH]1. The monoisotopic (exact) mass is 738 g/mol. The summed E-state index contributed by atoms with van der Waals surface area (Å²) in [4.78, 5) is 45.5. The molecule has 2 amide bonds. The van der Waals surface area contributed by atoms with Crippen molar-refractivity contribution in [2.45, 2.75) is 70.1 Å². The van der Waals surface area contributed by atoms with Crippen LogP contribution in [0.3, 0.4) is 0 Å². The summed E-state index contributed by atoms with van der Waals surface area (Å²) in [6.07, 6.45) is 4.43. The van der Waals surface area contributed by atoms with Crippen LogP contribution in [0.5, 0.6) is 0 Å². The summed E-state index contributed by atoms with van der Waals surface area (Å²) >= 11 is 1.76. The number of carbonyl (C=O) groups is 2. The molecule has 9 rings (SSSR count). The number of rotatable bonds is 6. The Kier molecular flexibility index (Phi) is 8.22. The molecule has 274 valence electrons. The number of aromatic nitrogens is 4. The smallest absolute Gasteiger partial charge is 0.410 e. The minimum atomic E-state index is -0.919. The lowest BCUT2D eigenvalue weighted by molar-refractivity contribution is 0.0218. The van der Waals surface area contributed by atoms with Gasteiger partial charge in [-0.1, -0.05) is 60.7 Å². The average Bonchev–Trinajstić information content (AvgIpc) is 3.99. The van der Waals surface area contributed by atoms with Crippen LogP contribution in [0.4, 0.5) is 9.59 Å². The van der Waals surface area contributed by atoms with Gasteiger partial charge in [-0.3, -0.25) is 9.80 Å². The largest absolute Gasteiger partial charge is 0.465 e. The number of nitrogens with zero attached hydrogens (tertiary/aromatic N) is 4. The van der Waals surface area contributed by atoms with Crippen LogP contribution >= 0.6 is 11.3 Å². The van der Waals surface area contributed by atoms with Crippen molar-refractivity contribution in [3.8, 4) is 22.4 Å². The molecule has 10 nitrogen and oxygen atoms in total. The summed E-state index contributed by atoms with van der Waals surface area (Å²) in [5.74, 6) is 1.48. The third-order valence-electron chi connectivity index (χ3n) is 10.9. The molecule has 3 aromatic heterocycles. The summed E-state index contributed by atoms with van der Waals surface area (Å²) in [7, 11) is 0. The molecule has 11 heteroatoms. The van der Waals surface area contributed by atoms with Crippen LogP contribution in [0.2, 0.25) is 0 Å². The van der Waals surface area contributed by atoms with Gasteiger partial charge in [-0.25, -0.2) is 19.6 Å². The number of amides is 2. The highest BCUT2D eigenvalue weighted by Crippen LogP contribution is 2.43. The maximum atomic E-state index is 13.0. The number of nitrogens with one attached hydrogen (secondary N) is 2. The van der Waals surface area contributed by atoms with E-state index in [0.29, 0.717) is 31.8 Å². The number of fused-ring (bicyclic) bond motifs is 4. The number of ether oxygens (including phenoxy) is 1. The van der Waals surface area contributed by atoms with Gasteiger partial charge < -0.3 is 19.8 Å². The van der Waals surface area contributed by atoms with Gasteiger partial charge in [0.15, 0.2) is 0 Å². The molecular formula is C43H42N6O4S. The standard InChI is InChI=1S/C43H42N6O4S/c1-42(2,3)53-41(52)48-19-7-11-35(48)38-45-32-17-14-27(21-33(32)46-38)28-12-15-30-31-16-13-29(23-37(31)54-36(30)22-28)34-25-44-39(47-34)43(18-8-20-49(43)40(50)51)24-26-9-5-4-6-10-26/h4-6,9-10,12-17,21-23,25,35H,7-8,11,18-20,24H2,1-3H3,(H,44,47)(H,45,46)(H,50,51)/t35-,43-/m0/s1. The van der Waals surface area contributed by atoms with E-state index in [1.807, 2.05) is 51.2 Å². The number of H-pyrrole nitrogens is 2. The van der Waals surface area contributed by atoms with Crippen LogP contribution in [0, 0.1) is 0 Å². The van der Waals surface area contributed by atoms with Crippen LogP contribution < -0.4 is 0 Å². The van der Waals surface area contributed by atoms with Gasteiger partial charge in [-0.2, -0.15) is 0 Å². The number of hydrogen-bond acceptors (Lipinski definition) is 6. The van der Waals surface area contributed by atoms with E-state index >= 15 is 0 Å². The summed E-state index contributed by atoms with van der Waals surface area (Å²) < 4.78 is 8.05. The molecule has 0 aliphatic carbocycles. The average molecular weight is 739 g/mol. The van der Waals surface area contributed by atoms with Gasteiger partial charge in [-0.15, -0.1) is 11.3 Å². The Morgan fingerprint density at radius 1 is 0.907 bits per heavy atom. The highest BCUT2D eigenvalue weighted by atomic mass is 32.1. The Bertz CT molecular complexity index is 2550. The molecule has 0 spiro atoms. The van der Waals surface area contributed by atoms with Crippen LogP contribution in [-0.4, -0.2) is 65.7 Å². The fraction of sp³-hybridized carbons (Fsp3) is 0.302. The molecule has 54 heavy (non-hydrogen) atoms. The third kappa shape index (κ3) is 6.06. The Morgan fingerprint density at radius 3 is 2.39 bits per heavy atom. The number of carbonyl (C=O) groups excluding carboxylic acids is 1. The van der Waals surface area contributed by atoms with E-state index in [1.165, 1.54) is 20.2 Å². The number of imidazole rings is 2. The first kappa shape index (κ1) is 34.1. The van der Waals surface area contributed by atoms with Crippen LogP contribution in [0.15, 0.2) is 91.1 Å². The Balaban J connectivity index is 0.996. The zero-order valence-electron chi connectivity index (χ0n) is 30.6. The molecule has 0 unspecified atom stereocenters. The van der Waals surface area contributed by atoms with E-state index in [1.54, 1.807) is 21.1 Å². The summed E-state index contributed by atoms with van der Waals surface area (Å²) in [6.45, 7) is 6.81. The highest BCUT2D eigenvalue weighted by Gasteiger charge is 2.47. The number of likely N-dealkylation sites (tertiary alicyclic amines) is 2. The predicted molar refractivity (Wildman–Crippen MR) is 213 cm³/mol. The van der Waals surface area contributed by atoms with Gasteiger partial charge in [0.1, 0.15) is 22.8 Å². The molecular weight excluding hydrogens is 697 g/mol. The minimum Gasteiger partial charge on any atom is -0.465 e. The quantitative estimate of drug-likeness (QED) is 0.156. The number of benzene rings is 4. The lowest BCUT2D eigenvalue weighted by Crippen LogP contribution is -2.46. The fourth-order valence-electron chi connectivity index (χ4n) is 8.39. The molecule has 5 heterocycles. The molecule has 4 aromatic carbocycles. The van der Waals surface area contributed by atoms with Crippen molar-refractivity contribution < 1.29 is 19.4 Å². The molecule has 2 aliphatic rings. The third-order valence-corrected chi connectivity index (χ3v) is 12.0. The number of aromatic amines is 2. The summed E-state index contributed by atoms with van der Waals surface area (Å²) in [5.41, 5.74) is 5.68. The van der Waals surface area contributed by atoms with Crippen molar-refractivity contribution in [2.24, 2.45) is 0 Å². The first-order chi connectivity index (χ1) is 26.0. The Morgan fingerprint density at radius 2 is 1.63 bits per heavy atom. The van der Waals surface area contributed by atoms with Gasteiger partial charge in [0.2, 0.25) is 0 Å². The second-order valence-electron chi connectivity index (χ2n) is 15.6. The van der Waals surface area contributed by atoms with E-state index in [4.69, 9.17) is 14.7 Å². The zero-order valence-corrected chi connectivity index (χ0v) is 31.4. The van der Waals surface area contributed by atoms with Crippen molar-refractivity contribution in [1.29, 1.82) is 0 Å². The van der Waals surface area contributed by atoms with Crippen molar-refractivity contribution in [3.63, 3.8) is 0 Å². The molecule has 0 radical (unpaired) electrons. The molecule has 2 aliphatic heterocycles. The predicted octanol–water partition coefficient (Wildman–Crippen LogP) is 10.3. The van der Waals surface area contributed by atoms with E-state index in [-0.39, 0.29) is 12.1 Å². The van der Waals surface area contributed by atoms with Gasteiger partial charge in [0.25, 0.3) is 0 Å². The molecule has 3 N–H and O–H groups in total. The maximum absolute atomic E-state index is 13.0. The molecule has 0 bridgehead atoms. The van der Waals surface area contributed by atoms with E-state index in [9.17, 15) is 14.7 Å². The number of hydrogen-bond donors (Lipinski definition) is 3. The second-order valence-corrected chi connectivity index (χ2v) is 16.7. The Labute approximate surface area is 316 Å². The lowest BCUT2D eigenvalue weighted by atomic mass is 9.87. The van der Waals surface area contributed by atoms with Crippen molar-refractivity contribution >= 4 is 54.7 Å². The van der Waals surface area contributed by atoms with Gasteiger partial charge in [0, 0.05) is 45.2 Å². The van der Waals surface area contributed by atoms with Crippen molar-refractivity contribution in [3.05, 3.63) is 108 Å². The highest BCUT2D eigenvalue weighted by molar-refractivity contribution is 7.25. The van der Waals surface area contributed by atoms with Gasteiger partial charge in [-0.05, 0) is 87.4 Å². The van der Waals surface area contributed by atoms with Crippen LogP contribution in [0.1, 0.15) is 69.7 Å². The fourth-order valence-corrected chi connectivity index (χ4v) is 9.57. The van der Waals surface area contributed by atoms with Crippen molar-refractivity contribution in [1.82, 2.24) is 29.7 Å². The van der Waals surface area contributed by atoms with Crippen LogP contribution in [0.25, 0.3) is 53.6 Å². The normalized spacial score (nSPS) is 19.1. The topological polar surface area (TPSA) is 127 Å². The number of thiophene rings is 1. The first-order valence-electron chi connectivity index (χ1n) is 18.6. The van der Waals surface area contributed by atoms with Gasteiger partial charge in [0.05, 0.1) is 29.0 Å².